The highest BCUT2D eigenvalue weighted by Gasteiger charge is 1.99. The van der Waals surface area contributed by atoms with E-state index in [1.165, 1.54) is 65.6 Å². The monoisotopic (exact) mass is 554 g/mol. The Hall–Kier alpha value is -1.85. The zero-order chi connectivity index (χ0) is 28.4. The van der Waals surface area contributed by atoms with Crippen molar-refractivity contribution in [2.45, 2.75) is 116 Å². The van der Waals surface area contributed by atoms with Crippen LogP contribution in [0.4, 0.5) is 0 Å². The number of unbranched alkanes of at least 4 members (excludes halogenated alkanes) is 12. The number of carbonyl (C=O) groups is 2. The van der Waals surface area contributed by atoms with E-state index in [0.717, 1.165) is 51.4 Å². The van der Waals surface area contributed by atoms with Crippen LogP contribution in [-0.4, -0.2) is 43.8 Å². The van der Waals surface area contributed by atoms with Crippen LogP contribution in [0.3, 0.4) is 0 Å². The number of aliphatic hydroxyl groups excluding tert-OH is 1. The smallest absolute Gasteiger partial charge is 0.305 e. The van der Waals surface area contributed by atoms with Gasteiger partial charge in [0.15, 0.2) is 0 Å². The summed E-state index contributed by atoms with van der Waals surface area (Å²) < 4.78 is 9.19. The van der Waals surface area contributed by atoms with Crippen molar-refractivity contribution in [3.63, 3.8) is 0 Å². The molecule has 0 unspecified atom stereocenters. The van der Waals surface area contributed by atoms with Gasteiger partial charge in [0, 0.05) is 18.7 Å². The lowest BCUT2D eigenvalue weighted by molar-refractivity contribution is -0.141. The van der Waals surface area contributed by atoms with Crippen molar-refractivity contribution < 1.29 is 24.2 Å². The molecule has 1 N–H and O–H groups in total. The summed E-state index contributed by atoms with van der Waals surface area (Å²) in [7, 11) is 2.89. The van der Waals surface area contributed by atoms with Crippen LogP contribution in [0, 0.1) is 0 Å². The van der Waals surface area contributed by atoms with E-state index in [-0.39, 0.29) is 18.5 Å². The number of carbonyl (C=O) groups excluding carboxylic acids is 2. The first-order chi connectivity index (χ1) is 18.6. The van der Waals surface area contributed by atoms with Crippen molar-refractivity contribution in [3.8, 4) is 0 Å². The predicted molar refractivity (Wildman–Crippen MR) is 162 cm³/mol. The maximum Gasteiger partial charge on any atom is 0.305 e. The lowest BCUT2D eigenvalue weighted by Gasteiger charge is -2.00. The van der Waals surface area contributed by atoms with Gasteiger partial charge < -0.3 is 14.6 Å². The first-order valence-corrected chi connectivity index (χ1v) is 15.1. The van der Waals surface area contributed by atoms with E-state index in [1.807, 2.05) is 12.2 Å². The van der Waals surface area contributed by atoms with Crippen molar-refractivity contribution in [3.05, 3.63) is 48.6 Å². The quantitative estimate of drug-likeness (QED) is 0.0558. The summed E-state index contributed by atoms with van der Waals surface area (Å²) in [6.45, 7) is 0.129. The van der Waals surface area contributed by atoms with E-state index >= 15 is 0 Å². The van der Waals surface area contributed by atoms with Crippen molar-refractivity contribution >= 4 is 23.5 Å². The van der Waals surface area contributed by atoms with Crippen LogP contribution in [0.25, 0.3) is 0 Å². The number of methoxy groups -OCH3 is 2. The third-order valence-corrected chi connectivity index (χ3v) is 6.04. The number of esters is 2. The molecule has 6 heteroatoms. The van der Waals surface area contributed by atoms with Gasteiger partial charge in [-0.15, -0.1) is 11.6 Å². The summed E-state index contributed by atoms with van der Waals surface area (Å²) in [5.41, 5.74) is 0. The van der Waals surface area contributed by atoms with E-state index < -0.39 is 0 Å². The Balaban J connectivity index is 0. The van der Waals surface area contributed by atoms with Gasteiger partial charge in [-0.1, -0.05) is 100.0 Å². The van der Waals surface area contributed by atoms with Gasteiger partial charge in [-0.05, 0) is 51.4 Å². The number of rotatable bonds is 24. The van der Waals surface area contributed by atoms with Crippen LogP contribution >= 0.6 is 11.6 Å². The lowest BCUT2D eigenvalue weighted by Crippen LogP contribution is -1.99. The molecule has 0 bridgehead atoms. The molecular weight excluding hydrogens is 500 g/mol. The summed E-state index contributed by atoms with van der Waals surface area (Å²) in [4.78, 5) is 21.7. The standard InChI is InChI=1S/C16H27ClO2.C16H28O3/c2*1-19-16(18)14-12-10-8-6-4-2-3-5-7-9-11-13-15-17/h5,7,11,13H,2-4,6,8-10,12,14-15H2,1H3;5,7,11,13,17H,2-4,6,8-10,12,14-15H2,1H3/b2*7-5-,13-11-. The van der Waals surface area contributed by atoms with Gasteiger partial charge in [0.25, 0.3) is 0 Å². The number of allylic oxidation sites excluding steroid dienone is 7. The summed E-state index contributed by atoms with van der Waals surface area (Å²) in [6, 6.07) is 0. The number of alkyl halides is 1. The molecule has 0 rings (SSSR count). The second kappa shape index (κ2) is 35.2. The Bertz CT molecular complexity index is 571. The molecule has 0 aliphatic heterocycles. The van der Waals surface area contributed by atoms with E-state index in [9.17, 15) is 9.59 Å². The maximum absolute atomic E-state index is 10.9. The number of aliphatic hydroxyl groups is 1. The van der Waals surface area contributed by atoms with Crippen molar-refractivity contribution in [2.24, 2.45) is 0 Å². The Labute approximate surface area is 238 Å². The van der Waals surface area contributed by atoms with Gasteiger partial charge in [-0.2, -0.15) is 0 Å². The normalized spacial score (nSPS) is 11.5. The number of ether oxygens (including phenoxy) is 2. The molecular formula is C32H55ClO5. The molecule has 0 radical (unpaired) electrons. The second-order valence-electron chi connectivity index (χ2n) is 9.17. The molecule has 0 aliphatic rings. The zero-order valence-electron chi connectivity index (χ0n) is 24.2. The number of hydrogen-bond acceptors (Lipinski definition) is 5. The number of hydrogen-bond donors (Lipinski definition) is 1. The fourth-order valence-corrected chi connectivity index (χ4v) is 3.72. The molecule has 0 aromatic rings. The topological polar surface area (TPSA) is 72.8 Å². The Kier molecular flexibility index (Phi) is 35.4. The SMILES string of the molecule is COC(=O)CCCCCCCC/C=C\C/C=C\CCl.COC(=O)CCCCCCCC/C=C\C/C=C\CO. The van der Waals surface area contributed by atoms with Crippen LogP contribution in [-0.2, 0) is 19.1 Å². The molecule has 38 heavy (non-hydrogen) atoms. The molecule has 0 saturated carbocycles. The van der Waals surface area contributed by atoms with Crippen molar-refractivity contribution in [1.29, 1.82) is 0 Å². The molecule has 220 valence electrons. The fraction of sp³-hybridized carbons (Fsp3) is 0.688. The molecule has 0 heterocycles. The Morgan fingerprint density at radius 2 is 0.921 bits per heavy atom. The van der Waals surface area contributed by atoms with Crippen LogP contribution < -0.4 is 0 Å². The van der Waals surface area contributed by atoms with Gasteiger partial charge >= 0.3 is 11.9 Å². The highest BCUT2D eigenvalue weighted by molar-refractivity contribution is 6.18. The third kappa shape index (κ3) is 36.3. The lowest BCUT2D eigenvalue weighted by atomic mass is 10.1. The molecule has 0 amide bonds. The summed E-state index contributed by atoms with van der Waals surface area (Å²) in [5, 5.41) is 8.54. The Morgan fingerprint density at radius 3 is 1.32 bits per heavy atom. The summed E-state index contributed by atoms with van der Waals surface area (Å²) in [6.07, 6.45) is 36.0. The Morgan fingerprint density at radius 1 is 0.553 bits per heavy atom. The van der Waals surface area contributed by atoms with Crippen LogP contribution in [0.2, 0.25) is 0 Å². The van der Waals surface area contributed by atoms with Crippen LogP contribution in [0.1, 0.15) is 116 Å². The van der Waals surface area contributed by atoms with E-state index in [0.29, 0.717) is 18.7 Å². The van der Waals surface area contributed by atoms with E-state index in [4.69, 9.17) is 16.7 Å². The minimum Gasteiger partial charge on any atom is -0.469 e. The largest absolute Gasteiger partial charge is 0.469 e. The molecule has 0 fully saturated rings. The van der Waals surface area contributed by atoms with Gasteiger partial charge in [-0.25, -0.2) is 0 Å². The average Bonchev–Trinajstić information content (AvgIpc) is 2.93. The average molecular weight is 555 g/mol. The molecule has 0 aliphatic carbocycles. The molecule has 0 spiro atoms. The van der Waals surface area contributed by atoms with Crippen molar-refractivity contribution in [2.75, 3.05) is 26.7 Å². The van der Waals surface area contributed by atoms with Gasteiger partial charge in [0.2, 0.25) is 0 Å². The van der Waals surface area contributed by atoms with Gasteiger partial charge in [-0.3, -0.25) is 9.59 Å². The summed E-state index contributed by atoms with van der Waals surface area (Å²) in [5.74, 6) is 0.415. The van der Waals surface area contributed by atoms with Crippen LogP contribution in [0.5, 0.6) is 0 Å². The first-order valence-electron chi connectivity index (χ1n) is 14.5. The molecule has 0 aromatic heterocycles. The predicted octanol–water partition coefficient (Wildman–Crippen LogP) is 8.80. The van der Waals surface area contributed by atoms with Gasteiger partial charge in [0.05, 0.1) is 20.8 Å². The number of halogens is 1. The molecule has 5 nitrogen and oxygen atoms in total. The minimum absolute atomic E-state index is 0.0895. The fourth-order valence-electron chi connectivity index (χ4n) is 3.60. The van der Waals surface area contributed by atoms with E-state index in [2.05, 4.69) is 39.9 Å². The molecule has 0 atom stereocenters. The van der Waals surface area contributed by atoms with Crippen molar-refractivity contribution in [1.82, 2.24) is 0 Å². The first kappa shape index (κ1) is 38.3. The highest BCUT2D eigenvalue weighted by atomic mass is 35.5. The molecule has 0 saturated heterocycles. The minimum atomic E-state index is -0.0969. The zero-order valence-corrected chi connectivity index (χ0v) is 25.0. The summed E-state index contributed by atoms with van der Waals surface area (Å²) >= 11 is 5.52. The third-order valence-electron chi connectivity index (χ3n) is 5.86. The highest BCUT2D eigenvalue weighted by Crippen LogP contribution is 2.10. The maximum atomic E-state index is 10.9. The van der Waals surface area contributed by atoms with Crippen LogP contribution in [0.15, 0.2) is 48.6 Å². The second-order valence-corrected chi connectivity index (χ2v) is 9.47. The molecule has 0 aromatic carbocycles. The van der Waals surface area contributed by atoms with Gasteiger partial charge in [0.1, 0.15) is 0 Å². The van der Waals surface area contributed by atoms with E-state index in [1.54, 1.807) is 6.08 Å².